The highest BCUT2D eigenvalue weighted by Gasteiger charge is 2.21. The Bertz CT molecular complexity index is 810. The first-order valence-electron chi connectivity index (χ1n) is 9.28. The molecule has 1 aliphatic rings. The molecule has 0 aromatic heterocycles. The molecule has 0 atom stereocenters. The Morgan fingerprint density at radius 3 is 2.48 bits per heavy atom. The molecule has 1 heterocycles. The van der Waals surface area contributed by atoms with E-state index in [1.165, 1.54) is 17.7 Å². The molecule has 1 amide bonds. The van der Waals surface area contributed by atoms with Crippen LogP contribution in [0.4, 0.5) is 10.1 Å². The van der Waals surface area contributed by atoms with Crippen molar-refractivity contribution in [2.75, 3.05) is 31.6 Å². The summed E-state index contributed by atoms with van der Waals surface area (Å²) < 4.78 is 24.6. The highest BCUT2D eigenvalue weighted by molar-refractivity contribution is 5.92. The summed E-state index contributed by atoms with van der Waals surface area (Å²) in [4.78, 5) is 14.4. The van der Waals surface area contributed by atoms with Crippen molar-refractivity contribution >= 4 is 11.6 Å². The number of anilines is 1. The third kappa shape index (κ3) is 4.98. The van der Waals surface area contributed by atoms with Crippen LogP contribution in [0.5, 0.6) is 11.5 Å². The minimum atomic E-state index is -0.367. The lowest BCUT2D eigenvalue weighted by atomic mass is 9.98. The van der Waals surface area contributed by atoms with Gasteiger partial charge in [-0.3, -0.25) is 9.69 Å². The van der Waals surface area contributed by atoms with Gasteiger partial charge in [-0.2, -0.15) is 0 Å². The standard InChI is InChI=1S/C21H25FN2O3/c1-3-26-19-10-15-8-9-24(13-16(15)11-20(19)27-4-2)14-21(25)23-18-7-5-6-17(22)12-18/h5-7,10-12H,3-4,8-9,13-14H2,1-2H3,(H,23,25). The van der Waals surface area contributed by atoms with Gasteiger partial charge in [0.25, 0.3) is 0 Å². The van der Waals surface area contributed by atoms with E-state index in [0.29, 0.717) is 25.4 Å². The Labute approximate surface area is 159 Å². The molecule has 144 valence electrons. The highest BCUT2D eigenvalue weighted by Crippen LogP contribution is 2.33. The number of carbonyl (C=O) groups is 1. The monoisotopic (exact) mass is 372 g/mol. The number of carbonyl (C=O) groups excluding carboxylic acids is 1. The number of hydrogen-bond acceptors (Lipinski definition) is 4. The number of ether oxygens (including phenoxy) is 2. The fraction of sp³-hybridized carbons (Fsp3) is 0.381. The van der Waals surface area contributed by atoms with Gasteiger partial charge >= 0.3 is 0 Å². The molecule has 0 aliphatic carbocycles. The second kappa shape index (κ2) is 8.86. The summed E-state index contributed by atoms with van der Waals surface area (Å²) in [6, 6.07) is 9.98. The lowest BCUT2D eigenvalue weighted by Gasteiger charge is -2.29. The van der Waals surface area contributed by atoms with Gasteiger partial charge < -0.3 is 14.8 Å². The van der Waals surface area contributed by atoms with E-state index in [1.807, 2.05) is 26.0 Å². The zero-order valence-corrected chi connectivity index (χ0v) is 15.8. The molecule has 0 bridgehead atoms. The van der Waals surface area contributed by atoms with Crippen LogP contribution in [-0.2, 0) is 17.8 Å². The summed E-state index contributed by atoms with van der Waals surface area (Å²) in [5.74, 6) is 0.993. The third-order valence-corrected chi connectivity index (χ3v) is 4.43. The quantitative estimate of drug-likeness (QED) is 0.807. The number of benzene rings is 2. The van der Waals surface area contributed by atoms with Gasteiger partial charge in [0.2, 0.25) is 5.91 Å². The van der Waals surface area contributed by atoms with Crippen molar-refractivity contribution in [3.05, 3.63) is 53.3 Å². The van der Waals surface area contributed by atoms with Crippen molar-refractivity contribution in [1.82, 2.24) is 4.90 Å². The van der Waals surface area contributed by atoms with Crippen LogP contribution < -0.4 is 14.8 Å². The molecule has 5 nitrogen and oxygen atoms in total. The van der Waals surface area contributed by atoms with Crippen LogP contribution in [0.1, 0.15) is 25.0 Å². The molecular weight excluding hydrogens is 347 g/mol. The van der Waals surface area contributed by atoms with Gasteiger partial charge in [0, 0.05) is 18.8 Å². The van der Waals surface area contributed by atoms with E-state index in [2.05, 4.69) is 10.2 Å². The highest BCUT2D eigenvalue weighted by atomic mass is 19.1. The fourth-order valence-corrected chi connectivity index (χ4v) is 3.26. The molecule has 6 heteroatoms. The van der Waals surface area contributed by atoms with Crippen molar-refractivity contribution in [2.24, 2.45) is 0 Å². The van der Waals surface area contributed by atoms with Gasteiger partial charge in [-0.1, -0.05) is 6.07 Å². The van der Waals surface area contributed by atoms with Gasteiger partial charge in [0.1, 0.15) is 5.82 Å². The van der Waals surface area contributed by atoms with Crippen LogP contribution in [0.25, 0.3) is 0 Å². The molecule has 2 aromatic rings. The summed E-state index contributed by atoms with van der Waals surface area (Å²) in [7, 11) is 0. The fourth-order valence-electron chi connectivity index (χ4n) is 3.26. The summed E-state index contributed by atoms with van der Waals surface area (Å²) in [6.07, 6.45) is 0.842. The Balaban J connectivity index is 1.66. The van der Waals surface area contributed by atoms with Gasteiger partial charge in [0.05, 0.1) is 19.8 Å². The van der Waals surface area contributed by atoms with E-state index in [-0.39, 0.29) is 18.3 Å². The van der Waals surface area contributed by atoms with Crippen LogP contribution in [0, 0.1) is 5.82 Å². The predicted octanol–water partition coefficient (Wildman–Crippen LogP) is 3.62. The molecule has 0 unspecified atom stereocenters. The number of halogens is 1. The number of rotatable bonds is 7. The maximum Gasteiger partial charge on any atom is 0.238 e. The zero-order chi connectivity index (χ0) is 19.2. The van der Waals surface area contributed by atoms with Crippen LogP contribution in [-0.4, -0.2) is 37.1 Å². The lowest BCUT2D eigenvalue weighted by molar-refractivity contribution is -0.117. The summed E-state index contributed by atoms with van der Waals surface area (Å²) in [5, 5.41) is 2.75. The maximum absolute atomic E-state index is 13.2. The molecule has 0 saturated heterocycles. The maximum atomic E-state index is 13.2. The number of amides is 1. The van der Waals surface area contributed by atoms with Crippen molar-refractivity contribution < 1.29 is 18.7 Å². The molecule has 0 saturated carbocycles. The van der Waals surface area contributed by atoms with Crippen LogP contribution in [0.2, 0.25) is 0 Å². The topological polar surface area (TPSA) is 50.8 Å². The van der Waals surface area contributed by atoms with Crippen LogP contribution >= 0.6 is 0 Å². The Morgan fingerprint density at radius 1 is 1.11 bits per heavy atom. The van der Waals surface area contributed by atoms with Crippen molar-refractivity contribution in [3.8, 4) is 11.5 Å². The first kappa shape index (κ1) is 19.2. The second-order valence-electron chi connectivity index (χ2n) is 6.45. The number of hydrogen-bond donors (Lipinski definition) is 1. The average Bonchev–Trinajstić information content (AvgIpc) is 2.62. The Kier molecular flexibility index (Phi) is 6.29. The van der Waals surface area contributed by atoms with E-state index >= 15 is 0 Å². The van der Waals surface area contributed by atoms with E-state index in [1.54, 1.807) is 12.1 Å². The van der Waals surface area contributed by atoms with Crippen molar-refractivity contribution in [2.45, 2.75) is 26.8 Å². The van der Waals surface area contributed by atoms with Crippen molar-refractivity contribution in [3.63, 3.8) is 0 Å². The second-order valence-corrected chi connectivity index (χ2v) is 6.45. The van der Waals surface area contributed by atoms with E-state index in [0.717, 1.165) is 30.0 Å². The van der Waals surface area contributed by atoms with Crippen LogP contribution in [0.3, 0.4) is 0 Å². The van der Waals surface area contributed by atoms with Gasteiger partial charge in [0.15, 0.2) is 11.5 Å². The largest absolute Gasteiger partial charge is 0.490 e. The zero-order valence-electron chi connectivity index (χ0n) is 15.8. The minimum Gasteiger partial charge on any atom is -0.490 e. The number of nitrogens with zero attached hydrogens (tertiary/aromatic N) is 1. The first-order valence-corrected chi connectivity index (χ1v) is 9.28. The summed E-state index contributed by atoms with van der Waals surface area (Å²) >= 11 is 0. The molecule has 1 N–H and O–H groups in total. The normalized spacial score (nSPS) is 13.7. The van der Waals surface area contributed by atoms with E-state index < -0.39 is 0 Å². The molecular formula is C21H25FN2O3. The Hall–Kier alpha value is -2.60. The Morgan fingerprint density at radius 2 is 1.81 bits per heavy atom. The predicted molar refractivity (Wildman–Crippen MR) is 103 cm³/mol. The van der Waals surface area contributed by atoms with E-state index in [9.17, 15) is 9.18 Å². The number of fused-ring (bicyclic) bond motifs is 1. The van der Waals surface area contributed by atoms with Crippen molar-refractivity contribution in [1.29, 1.82) is 0 Å². The summed E-state index contributed by atoms with van der Waals surface area (Å²) in [6.45, 7) is 6.75. The smallest absolute Gasteiger partial charge is 0.238 e. The minimum absolute atomic E-state index is 0.153. The van der Waals surface area contributed by atoms with Crippen LogP contribution in [0.15, 0.2) is 36.4 Å². The first-order chi connectivity index (χ1) is 13.1. The average molecular weight is 372 g/mol. The third-order valence-electron chi connectivity index (χ3n) is 4.43. The van der Waals surface area contributed by atoms with E-state index in [4.69, 9.17) is 9.47 Å². The molecule has 0 radical (unpaired) electrons. The molecule has 3 rings (SSSR count). The van der Waals surface area contributed by atoms with Gasteiger partial charge in [-0.25, -0.2) is 4.39 Å². The van der Waals surface area contributed by atoms with Gasteiger partial charge in [-0.15, -0.1) is 0 Å². The molecule has 1 aliphatic heterocycles. The summed E-state index contributed by atoms with van der Waals surface area (Å²) in [5.41, 5.74) is 2.84. The molecule has 0 spiro atoms. The molecule has 0 fully saturated rings. The van der Waals surface area contributed by atoms with Gasteiger partial charge in [-0.05, 0) is 61.7 Å². The number of nitrogens with one attached hydrogen (secondary N) is 1. The SMILES string of the molecule is CCOc1cc2c(cc1OCC)CN(CC(=O)Nc1cccc(F)c1)CC2. The molecule has 2 aromatic carbocycles. The lowest BCUT2D eigenvalue weighted by Crippen LogP contribution is -2.37. The molecule has 27 heavy (non-hydrogen) atoms.